The normalized spacial score (nSPS) is 18.9. The number of carbonyl (C=O) groups is 1. The van der Waals surface area contributed by atoms with Crippen LogP contribution in [0.2, 0.25) is 0 Å². The summed E-state index contributed by atoms with van der Waals surface area (Å²) in [5.41, 5.74) is 1.90. The summed E-state index contributed by atoms with van der Waals surface area (Å²) in [4.78, 5) is 15.7. The third-order valence-corrected chi connectivity index (χ3v) is 4.16. The fourth-order valence-electron chi connectivity index (χ4n) is 2.26. The number of carbonyl (C=O) groups excluding carboxylic acids is 1. The molecule has 1 amide bonds. The second kappa shape index (κ2) is 7.17. The average Bonchev–Trinajstić information content (AvgIpc) is 2.39. The second-order valence-corrected chi connectivity index (χ2v) is 5.61. The van der Waals surface area contributed by atoms with Crippen molar-refractivity contribution in [1.29, 1.82) is 0 Å². The van der Waals surface area contributed by atoms with Crippen molar-refractivity contribution in [2.45, 2.75) is 24.8 Å². The van der Waals surface area contributed by atoms with Gasteiger partial charge in [0, 0.05) is 36.1 Å². The molecule has 0 saturated carbocycles. The molecule has 19 heavy (non-hydrogen) atoms. The van der Waals surface area contributed by atoms with Crippen LogP contribution < -0.4 is 5.32 Å². The van der Waals surface area contributed by atoms with Gasteiger partial charge in [0.25, 0.3) is 5.91 Å². The van der Waals surface area contributed by atoms with Crippen LogP contribution in [0.3, 0.4) is 0 Å². The third-order valence-electron chi connectivity index (χ3n) is 3.44. The Morgan fingerprint density at radius 2 is 2.21 bits per heavy atom. The number of nitrogens with zero attached hydrogens (tertiary/aromatic N) is 1. The van der Waals surface area contributed by atoms with E-state index in [1.54, 1.807) is 11.8 Å². The van der Waals surface area contributed by atoms with Crippen LogP contribution >= 0.6 is 24.2 Å². The zero-order chi connectivity index (χ0) is 13.1. The average molecular weight is 301 g/mol. The van der Waals surface area contributed by atoms with Gasteiger partial charge < -0.3 is 10.2 Å². The maximum atomic E-state index is 12.6. The standard InChI is InChI=1S/C14H20N2OS.ClH/c1-10-4-5-12(18-3)8-13(10)14(17)16-7-6-15-9-11(16)2;/h4-5,8,11,15H,6-7,9H2,1-3H3;1H/t11-;/m0./s1. The molecule has 0 aliphatic carbocycles. The van der Waals surface area contributed by atoms with E-state index in [1.807, 2.05) is 30.2 Å². The molecule has 1 aromatic rings. The Morgan fingerprint density at radius 3 is 2.84 bits per heavy atom. The number of rotatable bonds is 2. The van der Waals surface area contributed by atoms with Crippen LogP contribution in [0.1, 0.15) is 22.8 Å². The first-order valence-corrected chi connectivity index (χ1v) is 7.52. The zero-order valence-corrected chi connectivity index (χ0v) is 13.2. The number of benzene rings is 1. The smallest absolute Gasteiger partial charge is 0.254 e. The summed E-state index contributed by atoms with van der Waals surface area (Å²) in [5.74, 6) is 0.164. The van der Waals surface area contributed by atoms with Gasteiger partial charge in [-0.1, -0.05) is 6.07 Å². The van der Waals surface area contributed by atoms with E-state index in [0.717, 1.165) is 35.7 Å². The fourth-order valence-corrected chi connectivity index (χ4v) is 2.70. The number of hydrogen-bond acceptors (Lipinski definition) is 3. The first-order chi connectivity index (χ1) is 8.63. The van der Waals surface area contributed by atoms with Crippen molar-refractivity contribution in [2.75, 3.05) is 25.9 Å². The molecule has 5 heteroatoms. The topological polar surface area (TPSA) is 32.3 Å². The van der Waals surface area contributed by atoms with E-state index in [0.29, 0.717) is 0 Å². The number of thioether (sulfide) groups is 1. The summed E-state index contributed by atoms with van der Waals surface area (Å²) in [6.07, 6.45) is 2.03. The molecular formula is C14H21ClN2OS. The van der Waals surface area contributed by atoms with Crippen molar-refractivity contribution in [1.82, 2.24) is 10.2 Å². The summed E-state index contributed by atoms with van der Waals surface area (Å²) in [7, 11) is 0. The Labute approximate surface area is 125 Å². The lowest BCUT2D eigenvalue weighted by Gasteiger charge is -2.34. The predicted molar refractivity (Wildman–Crippen MR) is 83.6 cm³/mol. The van der Waals surface area contributed by atoms with E-state index < -0.39 is 0 Å². The largest absolute Gasteiger partial charge is 0.333 e. The molecule has 1 atom stereocenters. The van der Waals surface area contributed by atoms with Crippen LogP contribution in [0.25, 0.3) is 0 Å². The molecule has 1 N–H and O–H groups in total. The molecule has 1 aliphatic rings. The molecule has 1 fully saturated rings. The number of aryl methyl sites for hydroxylation is 1. The molecule has 106 valence electrons. The lowest BCUT2D eigenvalue weighted by Crippen LogP contribution is -2.52. The van der Waals surface area contributed by atoms with Gasteiger partial charge in [-0.25, -0.2) is 0 Å². The number of piperazine rings is 1. The van der Waals surface area contributed by atoms with Gasteiger partial charge in [-0.05, 0) is 37.8 Å². The highest BCUT2D eigenvalue weighted by atomic mass is 35.5. The van der Waals surface area contributed by atoms with Crippen molar-refractivity contribution >= 4 is 30.1 Å². The molecule has 0 aromatic heterocycles. The molecule has 3 nitrogen and oxygen atoms in total. The maximum Gasteiger partial charge on any atom is 0.254 e. The summed E-state index contributed by atoms with van der Waals surface area (Å²) < 4.78 is 0. The Morgan fingerprint density at radius 1 is 1.47 bits per heavy atom. The Balaban J connectivity index is 0.00000180. The lowest BCUT2D eigenvalue weighted by molar-refractivity contribution is 0.0655. The second-order valence-electron chi connectivity index (χ2n) is 4.73. The van der Waals surface area contributed by atoms with Gasteiger partial charge >= 0.3 is 0 Å². The Hall–Kier alpha value is -0.710. The van der Waals surface area contributed by atoms with Gasteiger partial charge in [0.05, 0.1) is 0 Å². The van der Waals surface area contributed by atoms with Gasteiger partial charge in [-0.3, -0.25) is 4.79 Å². The van der Waals surface area contributed by atoms with Crippen LogP contribution in [-0.2, 0) is 0 Å². The molecule has 1 saturated heterocycles. The van der Waals surface area contributed by atoms with Crippen LogP contribution in [0, 0.1) is 6.92 Å². The van der Waals surface area contributed by atoms with Crippen molar-refractivity contribution in [3.63, 3.8) is 0 Å². The molecule has 0 radical (unpaired) electrons. The number of nitrogens with one attached hydrogen (secondary N) is 1. The van der Waals surface area contributed by atoms with Crippen LogP contribution in [-0.4, -0.2) is 42.7 Å². The first-order valence-electron chi connectivity index (χ1n) is 6.30. The number of halogens is 1. The summed E-state index contributed by atoms with van der Waals surface area (Å²) in [6.45, 7) is 6.66. The minimum Gasteiger partial charge on any atom is -0.333 e. The monoisotopic (exact) mass is 300 g/mol. The van der Waals surface area contributed by atoms with Crippen LogP contribution in [0.5, 0.6) is 0 Å². The summed E-state index contributed by atoms with van der Waals surface area (Å²) in [6, 6.07) is 6.38. The third kappa shape index (κ3) is 3.65. The molecule has 0 spiro atoms. The van der Waals surface area contributed by atoms with Crippen molar-refractivity contribution in [3.8, 4) is 0 Å². The van der Waals surface area contributed by atoms with E-state index in [1.165, 1.54) is 0 Å². The SMILES string of the molecule is CSc1ccc(C)c(C(=O)N2CCNC[C@@H]2C)c1.Cl. The van der Waals surface area contributed by atoms with Crippen LogP contribution in [0.15, 0.2) is 23.1 Å². The van der Waals surface area contributed by atoms with E-state index in [4.69, 9.17) is 0 Å². The molecule has 0 unspecified atom stereocenters. The molecule has 1 heterocycles. The fraction of sp³-hybridized carbons (Fsp3) is 0.500. The highest BCUT2D eigenvalue weighted by Gasteiger charge is 2.25. The van der Waals surface area contributed by atoms with Gasteiger partial charge in [0.15, 0.2) is 0 Å². The molecule has 0 bridgehead atoms. The van der Waals surface area contributed by atoms with E-state index in [-0.39, 0.29) is 24.4 Å². The van der Waals surface area contributed by atoms with E-state index in [9.17, 15) is 4.79 Å². The predicted octanol–water partition coefficient (Wildman–Crippen LogP) is 2.57. The lowest BCUT2D eigenvalue weighted by atomic mass is 10.1. The van der Waals surface area contributed by atoms with Crippen LogP contribution in [0.4, 0.5) is 0 Å². The Bertz CT molecular complexity index is 453. The summed E-state index contributed by atoms with van der Waals surface area (Å²) in [5, 5.41) is 3.31. The first kappa shape index (κ1) is 16.3. The van der Waals surface area contributed by atoms with Gasteiger partial charge in [-0.2, -0.15) is 0 Å². The minimum atomic E-state index is 0. The van der Waals surface area contributed by atoms with Crippen molar-refractivity contribution < 1.29 is 4.79 Å². The minimum absolute atomic E-state index is 0. The maximum absolute atomic E-state index is 12.6. The van der Waals surface area contributed by atoms with Crippen molar-refractivity contribution in [3.05, 3.63) is 29.3 Å². The van der Waals surface area contributed by atoms with Gasteiger partial charge in [-0.15, -0.1) is 24.2 Å². The van der Waals surface area contributed by atoms with Gasteiger partial charge in [0.1, 0.15) is 0 Å². The number of hydrogen-bond donors (Lipinski definition) is 1. The highest BCUT2D eigenvalue weighted by molar-refractivity contribution is 7.98. The molecular weight excluding hydrogens is 280 g/mol. The zero-order valence-electron chi connectivity index (χ0n) is 11.6. The molecule has 2 rings (SSSR count). The quantitative estimate of drug-likeness (QED) is 0.852. The van der Waals surface area contributed by atoms with Crippen molar-refractivity contribution in [2.24, 2.45) is 0 Å². The molecule has 1 aliphatic heterocycles. The van der Waals surface area contributed by atoms with E-state index >= 15 is 0 Å². The van der Waals surface area contributed by atoms with E-state index in [2.05, 4.69) is 18.3 Å². The highest BCUT2D eigenvalue weighted by Crippen LogP contribution is 2.21. The summed E-state index contributed by atoms with van der Waals surface area (Å²) >= 11 is 1.67. The number of amides is 1. The molecule has 1 aromatic carbocycles. The van der Waals surface area contributed by atoms with Gasteiger partial charge in [0.2, 0.25) is 0 Å². The Kier molecular flexibility index (Phi) is 6.17.